The van der Waals surface area contributed by atoms with Crippen LogP contribution in [0.1, 0.15) is 11.1 Å². The number of fused-ring (bicyclic) bond motifs is 2. The summed E-state index contributed by atoms with van der Waals surface area (Å²) in [6, 6.07) is 35.4. The van der Waals surface area contributed by atoms with Gasteiger partial charge in [-0.3, -0.25) is 10.2 Å². The number of hydrogen-bond acceptors (Lipinski definition) is 5. The van der Waals surface area contributed by atoms with Crippen molar-refractivity contribution in [3.05, 3.63) is 159 Å². The van der Waals surface area contributed by atoms with Crippen molar-refractivity contribution in [2.75, 3.05) is 16.9 Å². The zero-order valence-corrected chi connectivity index (χ0v) is 31.5. The van der Waals surface area contributed by atoms with E-state index in [0.717, 1.165) is 16.7 Å². The number of nitrogens with one attached hydrogen (secondary N) is 4. The lowest BCUT2D eigenvalue weighted by Gasteiger charge is -2.08. The highest BCUT2D eigenvalue weighted by atomic mass is 35.5. The Bertz CT molecular complexity index is 2560. The summed E-state index contributed by atoms with van der Waals surface area (Å²) in [5, 5.41) is 21.6. The van der Waals surface area contributed by atoms with Crippen LogP contribution in [-0.2, 0) is 13.1 Å². The van der Waals surface area contributed by atoms with E-state index < -0.39 is 17.5 Å². The first-order valence-electron chi connectivity index (χ1n) is 16.6. The number of rotatable bonds is 9. The number of aromatic amines is 2. The molecule has 0 bridgehead atoms. The van der Waals surface area contributed by atoms with Gasteiger partial charge in [0.25, 0.3) is 0 Å². The van der Waals surface area contributed by atoms with Gasteiger partial charge in [0.2, 0.25) is 0 Å². The Morgan fingerprint density at radius 1 is 0.593 bits per heavy atom. The molecule has 13 heteroatoms. The van der Waals surface area contributed by atoms with Gasteiger partial charge in [0.1, 0.15) is 16.9 Å². The van der Waals surface area contributed by atoms with E-state index >= 15 is 0 Å². The van der Waals surface area contributed by atoms with Gasteiger partial charge in [0, 0.05) is 39.9 Å². The van der Waals surface area contributed by atoms with Gasteiger partial charge < -0.3 is 10.6 Å². The number of thioether (sulfide) groups is 1. The molecule has 0 saturated heterocycles. The van der Waals surface area contributed by atoms with Crippen LogP contribution in [0, 0.1) is 17.5 Å². The Labute approximate surface area is 328 Å². The minimum absolute atomic E-state index is 0.0312. The Balaban J connectivity index is 0.000000167. The fraction of sp³-hybridized carbons (Fsp3) is 0.0732. The van der Waals surface area contributed by atoms with E-state index in [0.29, 0.717) is 57.7 Å². The Morgan fingerprint density at radius 3 is 1.52 bits per heavy atom. The van der Waals surface area contributed by atoms with Crippen LogP contribution in [0.5, 0.6) is 0 Å². The number of anilines is 2. The van der Waals surface area contributed by atoms with Crippen molar-refractivity contribution in [3.63, 3.8) is 0 Å². The van der Waals surface area contributed by atoms with E-state index in [2.05, 4.69) is 55.3 Å². The second-order valence-electron chi connectivity index (χ2n) is 12.1. The van der Waals surface area contributed by atoms with Crippen LogP contribution in [0.25, 0.3) is 44.1 Å². The SMILES string of the molecule is CSc1ccc(CNc2n[nH]c3c(F)c(Cl)c(-c4ccccc4)cc23)cc1.Fc1cc(CNc2n[nH]c3c(F)c(Cl)c(-c4ccccc4)cc23)ccc1Cl. The number of halogens is 6. The molecule has 54 heavy (non-hydrogen) atoms. The van der Waals surface area contributed by atoms with Gasteiger partial charge in [-0.05, 0) is 64.9 Å². The van der Waals surface area contributed by atoms with Crippen molar-refractivity contribution >= 4 is 80.0 Å². The maximum atomic E-state index is 14.8. The van der Waals surface area contributed by atoms with Crippen LogP contribution in [-0.4, -0.2) is 26.7 Å². The number of H-pyrrole nitrogens is 2. The standard InChI is InChI=1S/C21H17ClFN3S.C20H13Cl2F2N3/c1-27-15-9-7-13(8-10-15)12-24-21-17-11-16(14-5-3-2-4-6-14)18(22)19(23)20(17)25-26-21;21-15-7-6-11(8-16(15)23)10-25-20-14-9-13(12-4-2-1-3-5-12)17(22)18(24)19(14)26-27-20/h2-11H,12H2,1H3,(H2,24,25,26);1-9H,10H2,(H2,25,26,27). The third kappa shape index (κ3) is 7.88. The monoisotopic (exact) mass is 800 g/mol. The first-order chi connectivity index (χ1) is 26.2. The predicted molar refractivity (Wildman–Crippen MR) is 217 cm³/mol. The average molecular weight is 802 g/mol. The van der Waals surface area contributed by atoms with Crippen LogP contribution in [0.3, 0.4) is 0 Å². The summed E-state index contributed by atoms with van der Waals surface area (Å²) < 4.78 is 43.1. The van der Waals surface area contributed by atoms with Gasteiger partial charge in [-0.25, -0.2) is 13.2 Å². The number of benzene rings is 6. The van der Waals surface area contributed by atoms with E-state index in [1.165, 1.54) is 17.0 Å². The normalized spacial score (nSPS) is 11.1. The van der Waals surface area contributed by atoms with Crippen LogP contribution in [0.15, 0.2) is 120 Å². The van der Waals surface area contributed by atoms with Crippen LogP contribution in [0.2, 0.25) is 15.1 Å². The topological polar surface area (TPSA) is 81.4 Å². The highest BCUT2D eigenvalue weighted by Gasteiger charge is 2.19. The lowest BCUT2D eigenvalue weighted by molar-refractivity contribution is 0.626. The molecule has 0 fully saturated rings. The Kier molecular flexibility index (Phi) is 11.4. The molecule has 8 rings (SSSR count). The van der Waals surface area contributed by atoms with Crippen molar-refractivity contribution in [3.8, 4) is 22.3 Å². The molecule has 0 saturated carbocycles. The predicted octanol–water partition coefficient (Wildman–Crippen LogP) is 12.8. The van der Waals surface area contributed by atoms with Crippen molar-refractivity contribution in [2.24, 2.45) is 0 Å². The number of nitrogens with zero attached hydrogens (tertiary/aromatic N) is 2. The molecule has 6 nitrogen and oxygen atoms in total. The summed E-state index contributed by atoms with van der Waals surface area (Å²) in [5.41, 5.74) is 5.22. The molecule has 0 radical (unpaired) electrons. The molecule has 2 aromatic heterocycles. The number of aromatic nitrogens is 4. The largest absolute Gasteiger partial charge is 0.364 e. The van der Waals surface area contributed by atoms with Crippen LogP contribution < -0.4 is 10.6 Å². The zero-order chi connectivity index (χ0) is 37.8. The van der Waals surface area contributed by atoms with Gasteiger partial charge in [-0.15, -0.1) is 11.8 Å². The molecular weight excluding hydrogens is 772 g/mol. The van der Waals surface area contributed by atoms with Crippen LogP contribution in [0.4, 0.5) is 24.8 Å². The second-order valence-corrected chi connectivity index (χ2v) is 14.2. The van der Waals surface area contributed by atoms with E-state index in [1.807, 2.05) is 73.0 Å². The fourth-order valence-corrected chi connectivity index (χ4v) is 6.92. The first-order valence-corrected chi connectivity index (χ1v) is 18.9. The third-order valence-corrected chi connectivity index (χ3v) is 10.5. The fourth-order valence-electron chi connectivity index (χ4n) is 5.88. The molecular formula is C41H30Cl3F3N6S. The molecule has 2 heterocycles. The smallest absolute Gasteiger partial charge is 0.168 e. The summed E-state index contributed by atoms with van der Waals surface area (Å²) in [7, 11) is 0. The number of hydrogen-bond donors (Lipinski definition) is 4. The van der Waals surface area contributed by atoms with Crippen molar-refractivity contribution < 1.29 is 13.2 Å². The summed E-state index contributed by atoms with van der Waals surface area (Å²) >= 11 is 19.9. The van der Waals surface area contributed by atoms with Gasteiger partial charge in [0.15, 0.2) is 23.3 Å². The molecule has 0 aliphatic heterocycles. The molecule has 0 unspecified atom stereocenters. The molecule has 6 aromatic carbocycles. The molecule has 4 N–H and O–H groups in total. The lowest BCUT2D eigenvalue weighted by Crippen LogP contribution is -2.00. The zero-order valence-electron chi connectivity index (χ0n) is 28.5. The van der Waals surface area contributed by atoms with E-state index in [-0.39, 0.29) is 20.6 Å². The summed E-state index contributed by atoms with van der Waals surface area (Å²) in [6.45, 7) is 0.901. The van der Waals surface area contributed by atoms with Gasteiger partial charge in [-0.1, -0.05) is 114 Å². The summed E-state index contributed by atoms with van der Waals surface area (Å²) in [4.78, 5) is 1.22. The highest BCUT2D eigenvalue weighted by molar-refractivity contribution is 7.98. The Morgan fingerprint density at radius 2 is 1.06 bits per heavy atom. The van der Waals surface area contributed by atoms with Gasteiger partial charge in [0.05, 0.1) is 15.1 Å². The summed E-state index contributed by atoms with van der Waals surface area (Å²) in [5.74, 6) is -0.490. The minimum Gasteiger partial charge on any atom is -0.364 e. The van der Waals surface area contributed by atoms with Crippen molar-refractivity contribution in [1.82, 2.24) is 20.4 Å². The Hall–Kier alpha value is -5.13. The minimum atomic E-state index is -0.564. The van der Waals surface area contributed by atoms with E-state index in [9.17, 15) is 13.2 Å². The quantitative estimate of drug-likeness (QED) is 0.109. The molecule has 0 aliphatic rings. The third-order valence-electron chi connectivity index (χ3n) is 8.72. The highest BCUT2D eigenvalue weighted by Crippen LogP contribution is 2.38. The maximum Gasteiger partial charge on any atom is 0.168 e. The molecule has 0 atom stereocenters. The van der Waals surface area contributed by atoms with Crippen molar-refractivity contribution in [1.29, 1.82) is 0 Å². The molecule has 8 aromatic rings. The molecule has 0 aliphatic carbocycles. The molecule has 272 valence electrons. The van der Waals surface area contributed by atoms with Crippen LogP contribution >= 0.6 is 46.6 Å². The molecule has 0 amide bonds. The van der Waals surface area contributed by atoms with E-state index in [4.69, 9.17) is 34.8 Å². The lowest BCUT2D eigenvalue weighted by atomic mass is 10.0. The maximum absolute atomic E-state index is 14.8. The average Bonchev–Trinajstić information content (AvgIpc) is 3.82. The summed E-state index contributed by atoms with van der Waals surface area (Å²) in [6.07, 6.45) is 2.05. The second kappa shape index (κ2) is 16.5. The van der Waals surface area contributed by atoms with E-state index in [1.54, 1.807) is 23.9 Å². The van der Waals surface area contributed by atoms with Gasteiger partial charge >= 0.3 is 0 Å². The van der Waals surface area contributed by atoms with Crippen molar-refractivity contribution in [2.45, 2.75) is 18.0 Å². The molecule has 0 spiro atoms. The van der Waals surface area contributed by atoms with Gasteiger partial charge in [-0.2, -0.15) is 10.2 Å². The first kappa shape index (κ1) is 37.2.